The van der Waals surface area contributed by atoms with Gasteiger partial charge in [0.2, 0.25) is 0 Å². The Hall–Kier alpha value is -2.03. The number of carbonyl (C=O) groups is 1. The molecule has 0 spiro atoms. The van der Waals surface area contributed by atoms with Crippen molar-refractivity contribution in [1.29, 1.82) is 0 Å². The number of carbonyl (C=O) groups excluding carboxylic acids is 1. The van der Waals surface area contributed by atoms with Gasteiger partial charge in [-0.2, -0.15) is 0 Å². The number of hydrogen-bond acceptors (Lipinski definition) is 2. The van der Waals surface area contributed by atoms with Gasteiger partial charge in [-0.3, -0.25) is 4.79 Å². The maximum Gasteiger partial charge on any atom is 0.260 e. The van der Waals surface area contributed by atoms with Crippen LogP contribution in [0.4, 0.5) is 5.69 Å². The van der Waals surface area contributed by atoms with E-state index in [1.165, 1.54) is 0 Å². The molecule has 1 heterocycles. The molecule has 0 radical (unpaired) electrons. The number of rotatable bonds is 3. The van der Waals surface area contributed by atoms with E-state index < -0.39 is 0 Å². The Bertz CT molecular complexity index is 489. The van der Waals surface area contributed by atoms with E-state index in [9.17, 15) is 4.79 Å². The standard InChI is InChI=1S/C14H16N2O/c1-4-9-16-13-8-6-5-7-11(13)12(14(16)17)10-15(2)3/h4-8,10H,1,9H2,2-3H3/b12-10-. The Morgan fingerprint density at radius 1 is 1.35 bits per heavy atom. The first kappa shape index (κ1) is 11.5. The molecule has 0 saturated heterocycles. The van der Waals surface area contributed by atoms with Crippen LogP contribution in [-0.4, -0.2) is 31.4 Å². The van der Waals surface area contributed by atoms with E-state index in [-0.39, 0.29) is 5.91 Å². The van der Waals surface area contributed by atoms with Crippen molar-refractivity contribution in [2.45, 2.75) is 0 Å². The molecule has 88 valence electrons. The second kappa shape index (κ2) is 4.45. The smallest absolute Gasteiger partial charge is 0.260 e. The highest BCUT2D eigenvalue weighted by Gasteiger charge is 2.31. The summed E-state index contributed by atoms with van der Waals surface area (Å²) in [7, 11) is 3.83. The Balaban J connectivity index is 2.52. The molecule has 17 heavy (non-hydrogen) atoms. The van der Waals surface area contributed by atoms with E-state index in [2.05, 4.69) is 6.58 Å². The first-order chi connectivity index (χ1) is 8.15. The van der Waals surface area contributed by atoms with Crippen molar-refractivity contribution in [2.24, 2.45) is 0 Å². The van der Waals surface area contributed by atoms with Crippen molar-refractivity contribution >= 4 is 17.2 Å². The molecule has 2 rings (SSSR count). The minimum atomic E-state index is 0.0415. The lowest BCUT2D eigenvalue weighted by molar-refractivity contribution is -0.112. The van der Waals surface area contributed by atoms with Gasteiger partial charge < -0.3 is 9.80 Å². The van der Waals surface area contributed by atoms with E-state index in [4.69, 9.17) is 0 Å². The predicted molar refractivity (Wildman–Crippen MR) is 70.7 cm³/mol. The molecule has 0 aromatic heterocycles. The van der Waals surface area contributed by atoms with Gasteiger partial charge in [-0.25, -0.2) is 0 Å². The Morgan fingerprint density at radius 2 is 2.06 bits per heavy atom. The molecular weight excluding hydrogens is 212 g/mol. The van der Waals surface area contributed by atoms with E-state index in [1.807, 2.05) is 49.5 Å². The largest absolute Gasteiger partial charge is 0.383 e. The van der Waals surface area contributed by atoms with Gasteiger partial charge in [0.1, 0.15) is 0 Å². The zero-order valence-electron chi connectivity index (χ0n) is 10.2. The molecule has 0 unspecified atom stereocenters. The third-order valence-electron chi connectivity index (χ3n) is 2.66. The average Bonchev–Trinajstić information content (AvgIpc) is 2.55. The molecule has 1 aliphatic rings. The summed E-state index contributed by atoms with van der Waals surface area (Å²) in [5.41, 5.74) is 2.70. The highest BCUT2D eigenvalue weighted by atomic mass is 16.2. The number of para-hydroxylation sites is 1. The summed E-state index contributed by atoms with van der Waals surface area (Å²) in [6.07, 6.45) is 3.61. The molecule has 0 saturated carbocycles. The lowest BCUT2D eigenvalue weighted by atomic mass is 10.1. The average molecular weight is 228 g/mol. The maximum atomic E-state index is 12.3. The van der Waals surface area contributed by atoms with Crippen LogP contribution in [-0.2, 0) is 4.79 Å². The predicted octanol–water partition coefficient (Wildman–Crippen LogP) is 2.12. The van der Waals surface area contributed by atoms with Gasteiger partial charge in [0.25, 0.3) is 5.91 Å². The third kappa shape index (κ3) is 1.96. The number of fused-ring (bicyclic) bond motifs is 1. The fraction of sp³-hybridized carbons (Fsp3) is 0.214. The first-order valence-corrected chi connectivity index (χ1v) is 5.55. The first-order valence-electron chi connectivity index (χ1n) is 5.55. The summed E-state index contributed by atoms with van der Waals surface area (Å²) in [6, 6.07) is 7.84. The van der Waals surface area contributed by atoms with Crippen molar-refractivity contribution < 1.29 is 4.79 Å². The summed E-state index contributed by atoms with van der Waals surface area (Å²) in [4.78, 5) is 15.9. The lowest BCUT2D eigenvalue weighted by Crippen LogP contribution is -2.26. The van der Waals surface area contributed by atoms with Crippen molar-refractivity contribution in [2.75, 3.05) is 25.5 Å². The van der Waals surface area contributed by atoms with Crippen molar-refractivity contribution in [3.05, 3.63) is 48.7 Å². The van der Waals surface area contributed by atoms with Crippen molar-refractivity contribution in [3.8, 4) is 0 Å². The second-order valence-corrected chi connectivity index (χ2v) is 4.23. The number of benzene rings is 1. The SMILES string of the molecule is C=CCN1C(=O)/C(=C\N(C)C)c2ccccc21. The number of nitrogens with zero attached hydrogens (tertiary/aromatic N) is 2. The molecule has 3 nitrogen and oxygen atoms in total. The van der Waals surface area contributed by atoms with Crippen molar-refractivity contribution in [1.82, 2.24) is 4.90 Å². The number of amides is 1. The maximum absolute atomic E-state index is 12.3. The van der Waals surface area contributed by atoms with E-state index in [1.54, 1.807) is 11.0 Å². The minimum absolute atomic E-state index is 0.0415. The van der Waals surface area contributed by atoms with Gasteiger partial charge in [-0.15, -0.1) is 6.58 Å². The molecule has 1 aromatic carbocycles. The Kier molecular flexibility index (Phi) is 3.00. The molecule has 0 atom stereocenters. The summed E-state index contributed by atoms with van der Waals surface area (Å²) in [6.45, 7) is 4.24. The molecule has 0 N–H and O–H groups in total. The van der Waals surface area contributed by atoms with E-state index >= 15 is 0 Å². The molecule has 0 aliphatic carbocycles. The summed E-state index contributed by atoms with van der Waals surface area (Å²) >= 11 is 0. The summed E-state index contributed by atoms with van der Waals surface area (Å²) in [5, 5.41) is 0. The van der Waals surface area contributed by atoms with Gasteiger partial charge >= 0.3 is 0 Å². The topological polar surface area (TPSA) is 23.6 Å². The van der Waals surface area contributed by atoms with Crippen LogP contribution in [0.15, 0.2) is 43.1 Å². The van der Waals surface area contributed by atoms with Gasteiger partial charge in [-0.05, 0) is 6.07 Å². The van der Waals surface area contributed by atoms with Gasteiger partial charge in [0, 0.05) is 32.4 Å². The normalized spacial score (nSPS) is 16.2. The monoisotopic (exact) mass is 228 g/mol. The number of anilines is 1. The van der Waals surface area contributed by atoms with E-state index in [0.717, 1.165) is 16.8 Å². The van der Waals surface area contributed by atoms with Crippen LogP contribution in [0.1, 0.15) is 5.56 Å². The highest BCUT2D eigenvalue weighted by Crippen LogP contribution is 2.36. The lowest BCUT2D eigenvalue weighted by Gasteiger charge is -2.14. The van der Waals surface area contributed by atoms with Crippen LogP contribution < -0.4 is 4.90 Å². The molecular formula is C14H16N2O. The molecule has 1 amide bonds. The molecule has 1 aromatic rings. The summed E-state index contributed by atoms with van der Waals surface area (Å²) < 4.78 is 0. The zero-order chi connectivity index (χ0) is 12.4. The summed E-state index contributed by atoms with van der Waals surface area (Å²) in [5.74, 6) is 0.0415. The van der Waals surface area contributed by atoms with Crippen LogP contribution in [0.25, 0.3) is 5.57 Å². The fourth-order valence-electron chi connectivity index (χ4n) is 2.00. The molecule has 3 heteroatoms. The van der Waals surface area contributed by atoms with Gasteiger partial charge in [0.15, 0.2) is 0 Å². The second-order valence-electron chi connectivity index (χ2n) is 4.23. The van der Waals surface area contributed by atoms with Crippen molar-refractivity contribution in [3.63, 3.8) is 0 Å². The van der Waals surface area contributed by atoms with Crippen LogP contribution >= 0.6 is 0 Å². The number of hydrogen-bond donors (Lipinski definition) is 0. The van der Waals surface area contributed by atoms with Crippen LogP contribution in [0, 0.1) is 0 Å². The van der Waals surface area contributed by atoms with Gasteiger partial charge in [0.05, 0.1) is 11.3 Å². The molecule has 0 fully saturated rings. The molecule has 1 aliphatic heterocycles. The fourth-order valence-corrected chi connectivity index (χ4v) is 2.00. The van der Waals surface area contributed by atoms with Crippen LogP contribution in [0.3, 0.4) is 0 Å². The molecule has 0 bridgehead atoms. The van der Waals surface area contributed by atoms with E-state index in [0.29, 0.717) is 6.54 Å². The highest BCUT2D eigenvalue weighted by molar-refractivity contribution is 6.32. The zero-order valence-corrected chi connectivity index (χ0v) is 10.2. The Morgan fingerprint density at radius 3 is 2.71 bits per heavy atom. The third-order valence-corrected chi connectivity index (χ3v) is 2.66. The van der Waals surface area contributed by atoms with Crippen LogP contribution in [0.2, 0.25) is 0 Å². The minimum Gasteiger partial charge on any atom is -0.383 e. The Labute approximate surface area is 102 Å². The quantitative estimate of drug-likeness (QED) is 0.584. The van der Waals surface area contributed by atoms with Crippen LogP contribution in [0.5, 0.6) is 0 Å². The van der Waals surface area contributed by atoms with Gasteiger partial charge in [-0.1, -0.05) is 24.3 Å².